The van der Waals surface area contributed by atoms with Crippen molar-refractivity contribution in [2.24, 2.45) is 0 Å². The molecule has 1 atom stereocenters. The number of hydrogen-bond donors (Lipinski definition) is 1. The number of fused-ring (bicyclic) bond motifs is 1. The van der Waals surface area contributed by atoms with E-state index in [1.165, 1.54) is 11.8 Å². The predicted octanol–water partition coefficient (Wildman–Crippen LogP) is 7.79. The molecule has 0 aliphatic rings. The van der Waals surface area contributed by atoms with Gasteiger partial charge in [-0.15, -0.1) is 10.2 Å². The highest BCUT2D eigenvalue weighted by Crippen LogP contribution is 2.41. The molecule has 0 saturated heterocycles. The minimum absolute atomic E-state index is 0.0211. The average Bonchev–Trinajstić information content (AvgIpc) is 3.61. The lowest BCUT2D eigenvalue weighted by Crippen LogP contribution is -2.11. The fraction of sp³-hybridized carbons (Fsp3) is 0.0645. The SMILES string of the molecule is COc1ccc(-n2c(SC(C(=O)c3c[nH]c4ccccc34)c3ccccc3)nnc2-c2ccccc2Cl)cc1. The maximum atomic E-state index is 14.2. The Balaban J connectivity index is 1.49. The number of ketones is 1. The van der Waals surface area contributed by atoms with Crippen LogP contribution in [0.25, 0.3) is 28.0 Å². The second-order valence-electron chi connectivity index (χ2n) is 8.84. The van der Waals surface area contributed by atoms with Crippen LogP contribution < -0.4 is 4.74 Å². The van der Waals surface area contributed by atoms with Gasteiger partial charge in [0.25, 0.3) is 0 Å². The predicted molar refractivity (Wildman–Crippen MR) is 156 cm³/mol. The van der Waals surface area contributed by atoms with Crippen molar-refractivity contribution in [1.29, 1.82) is 0 Å². The molecular weight excluding hydrogens is 528 g/mol. The lowest BCUT2D eigenvalue weighted by atomic mass is 10.0. The number of aromatic nitrogens is 4. The number of benzene rings is 4. The molecule has 0 saturated carbocycles. The van der Waals surface area contributed by atoms with Gasteiger partial charge < -0.3 is 9.72 Å². The van der Waals surface area contributed by atoms with E-state index in [-0.39, 0.29) is 5.78 Å². The summed E-state index contributed by atoms with van der Waals surface area (Å²) in [5.74, 6) is 1.30. The van der Waals surface area contributed by atoms with Gasteiger partial charge >= 0.3 is 0 Å². The van der Waals surface area contributed by atoms with Crippen molar-refractivity contribution in [1.82, 2.24) is 19.7 Å². The Bertz CT molecular complexity index is 1760. The number of carbonyl (C=O) groups is 1. The molecule has 0 aliphatic heterocycles. The zero-order valence-corrected chi connectivity index (χ0v) is 22.5. The van der Waals surface area contributed by atoms with Crippen LogP contribution in [0.5, 0.6) is 5.75 Å². The van der Waals surface area contributed by atoms with E-state index in [0.29, 0.717) is 21.6 Å². The van der Waals surface area contributed by atoms with Gasteiger partial charge in [0.2, 0.25) is 0 Å². The van der Waals surface area contributed by atoms with Crippen molar-refractivity contribution in [3.63, 3.8) is 0 Å². The molecule has 0 amide bonds. The summed E-state index contributed by atoms with van der Waals surface area (Å²) in [4.78, 5) is 17.4. The van der Waals surface area contributed by atoms with Gasteiger partial charge in [-0.25, -0.2) is 0 Å². The summed E-state index contributed by atoms with van der Waals surface area (Å²) in [5, 5.41) is 10.6. The van der Waals surface area contributed by atoms with E-state index < -0.39 is 5.25 Å². The average molecular weight is 551 g/mol. The molecule has 0 bridgehead atoms. The molecule has 1 N–H and O–H groups in total. The minimum Gasteiger partial charge on any atom is -0.497 e. The van der Waals surface area contributed by atoms with Crippen molar-refractivity contribution in [3.8, 4) is 22.8 Å². The van der Waals surface area contributed by atoms with E-state index in [1.54, 1.807) is 13.3 Å². The van der Waals surface area contributed by atoms with Crippen molar-refractivity contribution in [2.45, 2.75) is 10.4 Å². The molecule has 39 heavy (non-hydrogen) atoms. The van der Waals surface area contributed by atoms with Crippen molar-refractivity contribution in [2.75, 3.05) is 7.11 Å². The number of halogens is 1. The zero-order chi connectivity index (χ0) is 26.8. The van der Waals surface area contributed by atoms with Crippen LogP contribution in [-0.2, 0) is 0 Å². The van der Waals surface area contributed by atoms with E-state index in [0.717, 1.165) is 33.5 Å². The van der Waals surface area contributed by atoms with Crippen LogP contribution >= 0.6 is 23.4 Å². The number of rotatable bonds is 8. The normalized spacial score (nSPS) is 11.9. The first-order valence-corrected chi connectivity index (χ1v) is 13.6. The molecule has 0 aliphatic carbocycles. The molecule has 6 aromatic rings. The number of nitrogens with zero attached hydrogens (tertiary/aromatic N) is 3. The minimum atomic E-state index is -0.564. The zero-order valence-electron chi connectivity index (χ0n) is 20.9. The molecular formula is C31H23ClN4O2S. The van der Waals surface area contributed by atoms with E-state index in [2.05, 4.69) is 15.2 Å². The maximum Gasteiger partial charge on any atom is 0.197 e. The third-order valence-corrected chi connectivity index (χ3v) is 8.02. The van der Waals surface area contributed by atoms with E-state index in [9.17, 15) is 4.79 Å². The van der Waals surface area contributed by atoms with E-state index >= 15 is 0 Å². The van der Waals surface area contributed by atoms with Gasteiger partial charge in [0.05, 0.1) is 12.1 Å². The summed E-state index contributed by atoms with van der Waals surface area (Å²) in [5.41, 5.74) is 3.99. The number of para-hydroxylation sites is 1. The lowest BCUT2D eigenvalue weighted by Gasteiger charge is -2.17. The summed E-state index contributed by atoms with van der Waals surface area (Å²) in [6, 6.07) is 32.7. The highest BCUT2D eigenvalue weighted by molar-refractivity contribution is 8.00. The largest absolute Gasteiger partial charge is 0.497 e. The molecule has 0 radical (unpaired) electrons. The van der Waals surface area contributed by atoms with Crippen LogP contribution in [0.1, 0.15) is 21.2 Å². The maximum absolute atomic E-state index is 14.2. The Hall–Kier alpha value is -4.33. The summed E-state index contributed by atoms with van der Waals surface area (Å²) < 4.78 is 7.30. The van der Waals surface area contributed by atoms with Gasteiger partial charge in [-0.3, -0.25) is 9.36 Å². The van der Waals surface area contributed by atoms with E-state index in [1.807, 2.05) is 108 Å². The number of thioether (sulfide) groups is 1. The third kappa shape index (κ3) is 4.82. The quantitative estimate of drug-likeness (QED) is 0.155. The smallest absolute Gasteiger partial charge is 0.197 e. The number of Topliss-reactive ketones (excluding diaryl/α,β-unsaturated/α-hetero) is 1. The van der Waals surface area contributed by atoms with Gasteiger partial charge in [-0.1, -0.05) is 84.0 Å². The lowest BCUT2D eigenvalue weighted by molar-refractivity contribution is 0.0991. The number of carbonyl (C=O) groups excluding carboxylic acids is 1. The topological polar surface area (TPSA) is 72.8 Å². The fourth-order valence-corrected chi connectivity index (χ4v) is 5.89. The summed E-state index contributed by atoms with van der Waals surface area (Å²) in [6.45, 7) is 0. The van der Waals surface area contributed by atoms with E-state index in [4.69, 9.17) is 16.3 Å². The van der Waals surface area contributed by atoms with Gasteiger partial charge in [-0.2, -0.15) is 0 Å². The van der Waals surface area contributed by atoms with Gasteiger partial charge in [-0.05, 0) is 48.0 Å². The number of nitrogens with one attached hydrogen (secondary N) is 1. The molecule has 192 valence electrons. The number of methoxy groups -OCH3 is 1. The molecule has 0 spiro atoms. The standard InChI is InChI=1S/C31H23ClN4O2S/c1-38-22-17-15-21(16-18-22)36-30(24-12-5-7-13-26(24)32)34-35-31(36)39-29(20-9-3-2-4-10-20)28(37)25-19-33-27-14-8-6-11-23(25)27/h2-19,29,33H,1H3. The highest BCUT2D eigenvalue weighted by Gasteiger charge is 2.29. The van der Waals surface area contributed by atoms with Crippen LogP contribution in [0.2, 0.25) is 5.02 Å². The molecule has 6 rings (SSSR count). The first kappa shape index (κ1) is 25.0. The van der Waals surface area contributed by atoms with Crippen LogP contribution in [0, 0.1) is 0 Å². The number of H-pyrrole nitrogens is 1. The molecule has 0 fully saturated rings. The first-order valence-electron chi connectivity index (χ1n) is 12.3. The van der Waals surface area contributed by atoms with Crippen molar-refractivity contribution >= 4 is 40.0 Å². The molecule has 2 heterocycles. The fourth-order valence-electron chi connectivity index (χ4n) is 4.55. The van der Waals surface area contributed by atoms with Gasteiger partial charge in [0.15, 0.2) is 16.8 Å². The Morgan fingerprint density at radius 1 is 0.897 bits per heavy atom. The van der Waals surface area contributed by atoms with Crippen molar-refractivity contribution < 1.29 is 9.53 Å². The van der Waals surface area contributed by atoms with Crippen LogP contribution in [-0.4, -0.2) is 32.6 Å². The van der Waals surface area contributed by atoms with Crippen LogP contribution in [0.3, 0.4) is 0 Å². The summed E-state index contributed by atoms with van der Waals surface area (Å²) >= 11 is 7.95. The second-order valence-corrected chi connectivity index (χ2v) is 10.3. The monoisotopic (exact) mass is 550 g/mol. The Morgan fingerprint density at radius 3 is 2.38 bits per heavy atom. The van der Waals surface area contributed by atoms with Crippen LogP contribution in [0.4, 0.5) is 0 Å². The number of ether oxygens (including phenoxy) is 1. The molecule has 6 nitrogen and oxygen atoms in total. The Kier molecular flexibility index (Phi) is 6.92. The first-order chi connectivity index (χ1) is 19.1. The summed E-state index contributed by atoms with van der Waals surface area (Å²) in [7, 11) is 1.63. The number of aromatic amines is 1. The molecule has 2 aromatic heterocycles. The van der Waals surface area contributed by atoms with Crippen LogP contribution in [0.15, 0.2) is 114 Å². The van der Waals surface area contributed by atoms with Gasteiger partial charge in [0, 0.05) is 33.9 Å². The molecule has 1 unspecified atom stereocenters. The summed E-state index contributed by atoms with van der Waals surface area (Å²) in [6.07, 6.45) is 1.78. The Labute approximate surface area is 234 Å². The highest BCUT2D eigenvalue weighted by atomic mass is 35.5. The van der Waals surface area contributed by atoms with Gasteiger partial charge in [0.1, 0.15) is 11.0 Å². The van der Waals surface area contributed by atoms with Crippen molar-refractivity contribution in [3.05, 3.63) is 125 Å². The molecule has 8 heteroatoms. The molecule has 4 aromatic carbocycles. The second kappa shape index (κ2) is 10.8. The number of hydrogen-bond acceptors (Lipinski definition) is 5. The third-order valence-electron chi connectivity index (χ3n) is 6.50. The Morgan fingerprint density at radius 2 is 1.62 bits per heavy atom.